The van der Waals surface area contributed by atoms with Gasteiger partial charge in [0.05, 0.1) is 17.2 Å². The first-order chi connectivity index (χ1) is 14.5. The summed E-state index contributed by atoms with van der Waals surface area (Å²) < 4.78 is 0. The highest BCUT2D eigenvalue weighted by Gasteiger charge is 2.44. The average Bonchev–Trinajstić information content (AvgIpc) is 2.99. The van der Waals surface area contributed by atoms with E-state index in [9.17, 15) is 19.2 Å². The Balaban J connectivity index is 1.41. The van der Waals surface area contributed by atoms with Crippen LogP contribution in [0, 0.1) is 0 Å². The molecule has 0 aromatic heterocycles. The number of benzene rings is 2. The predicted molar refractivity (Wildman–Crippen MR) is 109 cm³/mol. The minimum atomic E-state index is -0.956. The van der Waals surface area contributed by atoms with Crippen molar-refractivity contribution in [1.82, 2.24) is 10.2 Å². The van der Waals surface area contributed by atoms with Crippen LogP contribution in [0.1, 0.15) is 51.6 Å². The van der Waals surface area contributed by atoms with Gasteiger partial charge >= 0.3 is 0 Å². The van der Waals surface area contributed by atoms with Crippen molar-refractivity contribution in [1.29, 1.82) is 0 Å². The molecule has 0 radical (unpaired) electrons. The van der Waals surface area contributed by atoms with Gasteiger partial charge in [-0.2, -0.15) is 0 Å². The van der Waals surface area contributed by atoms with Crippen LogP contribution >= 0.6 is 0 Å². The van der Waals surface area contributed by atoms with Gasteiger partial charge in [0, 0.05) is 24.3 Å². The first-order valence-corrected chi connectivity index (χ1v) is 9.98. The van der Waals surface area contributed by atoms with Crippen molar-refractivity contribution >= 4 is 35.0 Å². The maximum atomic E-state index is 13.0. The zero-order chi connectivity index (χ0) is 20.8. The maximum absolute atomic E-state index is 13.0. The lowest BCUT2D eigenvalue weighted by Crippen LogP contribution is -2.54. The Morgan fingerprint density at radius 3 is 2.57 bits per heavy atom. The first kappa shape index (κ1) is 18.4. The van der Waals surface area contributed by atoms with Crippen molar-refractivity contribution in [3.05, 3.63) is 59.2 Å². The van der Waals surface area contributed by atoms with E-state index in [1.807, 2.05) is 18.2 Å². The summed E-state index contributed by atoms with van der Waals surface area (Å²) in [4.78, 5) is 50.4. The van der Waals surface area contributed by atoms with E-state index in [0.29, 0.717) is 0 Å². The minimum absolute atomic E-state index is 0.0824. The van der Waals surface area contributed by atoms with E-state index in [-0.39, 0.29) is 35.9 Å². The summed E-state index contributed by atoms with van der Waals surface area (Å²) in [7, 11) is 0. The smallest absolute Gasteiger partial charge is 0.262 e. The molecule has 3 heterocycles. The highest BCUT2D eigenvalue weighted by atomic mass is 16.2. The van der Waals surface area contributed by atoms with Crippen LogP contribution in [0.15, 0.2) is 42.5 Å². The lowest BCUT2D eigenvalue weighted by Gasteiger charge is -2.28. The van der Waals surface area contributed by atoms with Gasteiger partial charge in [0.15, 0.2) is 0 Å². The molecule has 2 aromatic carbocycles. The van der Waals surface area contributed by atoms with Gasteiger partial charge in [-0.1, -0.05) is 18.2 Å². The number of hydrogen-bond acceptors (Lipinski definition) is 6. The van der Waals surface area contributed by atoms with Crippen LogP contribution in [0.3, 0.4) is 0 Å². The van der Waals surface area contributed by atoms with E-state index >= 15 is 0 Å². The molecule has 4 amide bonds. The van der Waals surface area contributed by atoms with Crippen molar-refractivity contribution in [3.8, 4) is 0 Å². The second-order valence-electron chi connectivity index (χ2n) is 7.71. The van der Waals surface area contributed by atoms with Crippen molar-refractivity contribution in [3.63, 3.8) is 0 Å². The van der Waals surface area contributed by atoms with Crippen molar-refractivity contribution in [2.24, 2.45) is 0 Å². The number of nitrogens with one attached hydrogen (secondary N) is 3. The molecule has 2 aromatic rings. The molecule has 152 valence electrons. The van der Waals surface area contributed by atoms with Crippen LogP contribution in [0.5, 0.6) is 0 Å². The monoisotopic (exact) mass is 404 g/mol. The quantitative estimate of drug-likeness (QED) is 0.676. The molecule has 3 aliphatic heterocycles. The fraction of sp³-hybridized carbons (Fsp3) is 0.273. The molecule has 5 rings (SSSR count). The van der Waals surface area contributed by atoms with E-state index in [0.717, 1.165) is 34.8 Å². The Morgan fingerprint density at radius 2 is 1.73 bits per heavy atom. The number of piperidine rings is 1. The summed E-state index contributed by atoms with van der Waals surface area (Å²) in [6.45, 7) is 0.834. The Morgan fingerprint density at radius 1 is 0.933 bits per heavy atom. The molecule has 0 saturated carbocycles. The summed E-state index contributed by atoms with van der Waals surface area (Å²) in [5, 5.41) is 9.05. The van der Waals surface area contributed by atoms with Gasteiger partial charge in [0.25, 0.3) is 11.8 Å². The molecule has 8 nitrogen and oxygen atoms in total. The number of hydrogen-bond donors (Lipinski definition) is 3. The number of nitrogens with zero attached hydrogens (tertiary/aromatic N) is 1. The maximum Gasteiger partial charge on any atom is 0.262 e. The number of imide groups is 2. The van der Waals surface area contributed by atoms with Gasteiger partial charge in [-0.25, -0.2) is 0 Å². The number of amides is 4. The van der Waals surface area contributed by atoms with Crippen LogP contribution in [0.25, 0.3) is 0 Å². The third-order valence-corrected chi connectivity index (χ3v) is 5.87. The van der Waals surface area contributed by atoms with Crippen molar-refractivity contribution in [2.75, 3.05) is 17.2 Å². The van der Waals surface area contributed by atoms with Gasteiger partial charge in [-0.3, -0.25) is 29.4 Å². The van der Waals surface area contributed by atoms with Gasteiger partial charge in [-0.05, 0) is 42.7 Å². The zero-order valence-corrected chi connectivity index (χ0v) is 16.1. The minimum Gasteiger partial charge on any atom is -0.385 e. The zero-order valence-electron chi connectivity index (χ0n) is 16.1. The second kappa shape index (κ2) is 6.98. The van der Waals surface area contributed by atoms with Gasteiger partial charge in [0.2, 0.25) is 11.8 Å². The van der Waals surface area contributed by atoms with Crippen molar-refractivity contribution < 1.29 is 19.2 Å². The summed E-state index contributed by atoms with van der Waals surface area (Å²) in [6.07, 6.45) is 1.13. The van der Waals surface area contributed by atoms with E-state index in [1.165, 1.54) is 0 Å². The Labute approximate surface area is 172 Å². The van der Waals surface area contributed by atoms with E-state index in [4.69, 9.17) is 0 Å². The standard InChI is InChI=1S/C22H20N4O4/c27-19-8-7-18(20(28)25-19)26-21(29)13-6-5-12(11-15(13)22(26)30)24-17-9-10-23-16-4-2-1-3-14(16)17/h1-6,11,17-18,23-24H,7-10H2,(H,25,27,28). The van der Waals surface area contributed by atoms with Crippen molar-refractivity contribution in [2.45, 2.75) is 31.3 Å². The number of rotatable bonds is 3. The van der Waals surface area contributed by atoms with E-state index < -0.39 is 23.8 Å². The number of carbonyl (C=O) groups excluding carboxylic acids is 4. The summed E-state index contributed by atoms with van der Waals surface area (Å²) >= 11 is 0. The predicted octanol–water partition coefficient (Wildman–Crippen LogP) is 2.06. The Bertz CT molecular complexity index is 1100. The molecular weight excluding hydrogens is 384 g/mol. The lowest BCUT2D eigenvalue weighted by atomic mass is 9.97. The average molecular weight is 404 g/mol. The van der Waals surface area contributed by atoms with Crippen LogP contribution in [-0.2, 0) is 9.59 Å². The molecule has 2 unspecified atom stereocenters. The highest BCUT2D eigenvalue weighted by molar-refractivity contribution is 6.23. The molecule has 1 fully saturated rings. The Hall–Kier alpha value is -3.68. The molecule has 0 aliphatic carbocycles. The Kier molecular flexibility index (Phi) is 4.27. The fourth-order valence-corrected chi connectivity index (χ4v) is 4.38. The fourth-order valence-electron chi connectivity index (χ4n) is 4.38. The molecule has 3 aliphatic rings. The SMILES string of the molecule is O=C1CCC(N2C(=O)c3ccc(NC4CCNc5ccccc54)cc3C2=O)C(=O)N1. The second-order valence-corrected chi connectivity index (χ2v) is 7.71. The van der Waals surface area contributed by atoms with E-state index in [1.54, 1.807) is 18.2 Å². The number of fused-ring (bicyclic) bond motifs is 2. The summed E-state index contributed by atoms with van der Waals surface area (Å²) in [5.74, 6) is -1.99. The molecule has 8 heteroatoms. The van der Waals surface area contributed by atoms with Crippen LogP contribution in [0.4, 0.5) is 11.4 Å². The molecule has 0 bridgehead atoms. The molecule has 1 saturated heterocycles. The lowest BCUT2D eigenvalue weighted by molar-refractivity contribution is -0.136. The van der Waals surface area contributed by atoms with E-state index in [2.05, 4.69) is 22.0 Å². The number of anilines is 2. The third-order valence-electron chi connectivity index (χ3n) is 5.87. The molecule has 0 spiro atoms. The van der Waals surface area contributed by atoms with Crippen LogP contribution < -0.4 is 16.0 Å². The molecule has 3 N–H and O–H groups in total. The van der Waals surface area contributed by atoms with Gasteiger partial charge < -0.3 is 10.6 Å². The molecule has 30 heavy (non-hydrogen) atoms. The number of para-hydroxylation sites is 1. The number of carbonyl (C=O) groups is 4. The van der Waals surface area contributed by atoms with Crippen LogP contribution in [-0.4, -0.2) is 41.1 Å². The van der Waals surface area contributed by atoms with Gasteiger partial charge in [0.1, 0.15) is 6.04 Å². The topological polar surface area (TPSA) is 108 Å². The normalized spacial score (nSPS) is 22.9. The molecular formula is C22H20N4O4. The van der Waals surface area contributed by atoms with Crippen LogP contribution in [0.2, 0.25) is 0 Å². The molecule has 2 atom stereocenters. The van der Waals surface area contributed by atoms with Gasteiger partial charge in [-0.15, -0.1) is 0 Å². The largest absolute Gasteiger partial charge is 0.385 e. The third kappa shape index (κ3) is 2.92. The summed E-state index contributed by atoms with van der Waals surface area (Å²) in [6, 6.07) is 12.3. The summed E-state index contributed by atoms with van der Waals surface area (Å²) in [5.41, 5.74) is 3.52. The first-order valence-electron chi connectivity index (χ1n) is 9.98. The highest BCUT2D eigenvalue weighted by Crippen LogP contribution is 2.34.